The third-order valence-corrected chi connectivity index (χ3v) is 15.9. The molecule has 0 saturated heterocycles. The maximum Gasteiger partial charge on any atom is 0.109 e. The van der Waals surface area contributed by atoms with Crippen LogP contribution in [0.1, 0.15) is 0 Å². The fraction of sp³-hybridized carbons (Fsp3) is 0. The summed E-state index contributed by atoms with van der Waals surface area (Å²) in [4.78, 5) is 3.77. The Labute approximate surface area is 364 Å². The second kappa shape index (κ2) is 13.8. The molecule has 61 heavy (non-hydrogen) atoms. The van der Waals surface area contributed by atoms with Gasteiger partial charge in [0, 0.05) is 53.1 Å². The van der Waals surface area contributed by atoms with Crippen LogP contribution in [-0.2, 0) is 0 Å². The highest BCUT2D eigenvalue weighted by Crippen LogP contribution is 2.49. The molecule has 13 rings (SSSR count). The summed E-state index contributed by atoms with van der Waals surface area (Å²) in [5.74, 6) is 0. The molecule has 0 fully saturated rings. The van der Waals surface area contributed by atoms with Crippen molar-refractivity contribution in [1.29, 1.82) is 0 Å². The van der Waals surface area contributed by atoms with Gasteiger partial charge in [0.15, 0.2) is 0 Å². The molecule has 0 spiro atoms. The van der Waals surface area contributed by atoms with Crippen LogP contribution in [0.15, 0.2) is 206 Å². The zero-order chi connectivity index (χ0) is 40.0. The Balaban J connectivity index is 0.909. The van der Waals surface area contributed by atoms with E-state index in [1.165, 1.54) is 111 Å². The van der Waals surface area contributed by atoms with Gasteiger partial charge in [0.1, 0.15) is 4.83 Å². The van der Waals surface area contributed by atoms with Crippen molar-refractivity contribution in [3.8, 4) is 33.4 Å². The first-order valence-corrected chi connectivity index (χ1v) is 23.0. The molecule has 0 aliphatic rings. The number of rotatable bonds is 6. The van der Waals surface area contributed by atoms with E-state index >= 15 is 0 Å². The van der Waals surface area contributed by atoms with Crippen molar-refractivity contribution in [2.24, 2.45) is 0 Å². The van der Waals surface area contributed by atoms with Gasteiger partial charge >= 0.3 is 0 Å². The van der Waals surface area contributed by atoms with E-state index in [9.17, 15) is 0 Å². The van der Waals surface area contributed by atoms with Crippen molar-refractivity contribution in [1.82, 2.24) is 4.40 Å². The summed E-state index contributed by atoms with van der Waals surface area (Å²) in [5.41, 5.74) is 13.5. The van der Waals surface area contributed by atoms with Gasteiger partial charge < -0.3 is 4.90 Å². The van der Waals surface area contributed by atoms with Gasteiger partial charge in [-0.3, -0.25) is 4.40 Å². The van der Waals surface area contributed by atoms with E-state index in [4.69, 9.17) is 0 Å². The standard InChI is InChI=1S/C56H34N2S3/c1-2-13-38(14-3-1)52-45-17-4-7-21-46(45)58-49-24-10-18-40(53(49)61-56(52)58)37-29-27-35(28-30-37)36-31-33-39(34-32-36)57(47-22-11-19-43-41-15-5-8-25-50(41)59-54(43)47)48-23-12-20-44-42-16-6-9-26-51(42)60-55(44)48/h1-34H. The van der Waals surface area contributed by atoms with E-state index < -0.39 is 0 Å². The van der Waals surface area contributed by atoms with Crippen LogP contribution >= 0.6 is 34.0 Å². The van der Waals surface area contributed by atoms with Gasteiger partial charge in [0.05, 0.1) is 36.5 Å². The number of aromatic nitrogens is 1. The van der Waals surface area contributed by atoms with E-state index in [1.54, 1.807) is 0 Å². The van der Waals surface area contributed by atoms with E-state index in [2.05, 4.69) is 216 Å². The Morgan fingerprint density at radius 1 is 0.328 bits per heavy atom. The molecule has 0 amide bonds. The van der Waals surface area contributed by atoms with Crippen molar-refractivity contribution in [3.05, 3.63) is 206 Å². The van der Waals surface area contributed by atoms with Crippen LogP contribution in [0, 0.1) is 0 Å². The molecular weight excluding hydrogens is 797 g/mol. The van der Waals surface area contributed by atoms with Crippen molar-refractivity contribution in [2.75, 3.05) is 4.90 Å². The van der Waals surface area contributed by atoms with Crippen molar-refractivity contribution >= 4 is 117 Å². The normalized spacial score (nSPS) is 11.9. The van der Waals surface area contributed by atoms with Gasteiger partial charge in [-0.1, -0.05) is 158 Å². The Bertz CT molecular complexity index is 3700. The molecular formula is C56H34N2S3. The maximum atomic E-state index is 2.48. The Kier molecular flexibility index (Phi) is 7.85. The number of hydrogen-bond acceptors (Lipinski definition) is 4. The number of thiophene rings is 2. The lowest BCUT2D eigenvalue weighted by Gasteiger charge is -2.27. The quantitative estimate of drug-likeness (QED) is 0.162. The predicted octanol–water partition coefficient (Wildman–Crippen LogP) is 17.5. The molecule has 2 nitrogen and oxygen atoms in total. The monoisotopic (exact) mass is 830 g/mol. The molecule has 0 saturated carbocycles. The largest absolute Gasteiger partial charge is 0.308 e. The lowest BCUT2D eigenvalue weighted by molar-refractivity contribution is 1.32. The summed E-state index contributed by atoms with van der Waals surface area (Å²) >= 11 is 5.65. The van der Waals surface area contributed by atoms with Gasteiger partial charge in [0.25, 0.3) is 0 Å². The minimum atomic E-state index is 1.14. The highest BCUT2D eigenvalue weighted by atomic mass is 32.1. The SMILES string of the molecule is c1ccc(-c2c3ccccc3n3c2sc2c(-c4ccc(-c5ccc(N(c6cccc7c6sc6ccccc67)c6cccc7c6sc6ccccc67)cc5)cc4)cccc23)cc1. The summed E-state index contributed by atoms with van der Waals surface area (Å²) in [6.45, 7) is 0. The molecule has 9 aromatic carbocycles. The highest BCUT2D eigenvalue weighted by molar-refractivity contribution is 7.27. The van der Waals surface area contributed by atoms with Crippen LogP contribution < -0.4 is 4.90 Å². The molecule has 13 aromatic rings. The molecule has 0 unspecified atom stereocenters. The molecule has 0 bridgehead atoms. The highest BCUT2D eigenvalue weighted by Gasteiger charge is 2.23. The molecule has 286 valence electrons. The molecule has 4 aromatic heterocycles. The number of fused-ring (bicyclic) bond motifs is 11. The molecule has 0 aliphatic heterocycles. The Morgan fingerprint density at radius 3 is 1.49 bits per heavy atom. The third kappa shape index (κ3) is 5.38. The first kappa shape index (κ1) is 34.8. The van der Waals surface area contributed by atoms with Crippen LogP contribution in [0.4, 0.5) is 17.1 Å². The van der Waals surface area contributed by atoms with Gasteiger partial charge in [-0.05, 0) is 70.8 Å². The van der Waals surface area contributed by atoms with Crippen molar-refractivity contribution in [2.45, 2.75) is 0 Å². The zero-order valence-electron chi connectivity index (χ0n) is 32.7. The van der Waals surface area contributed by atoms with Crippen LogP contribution in [0.5, 0.6) is 0 Å². The molecule has 4 heterocycles. The minimum absolute atomic E-state index is 1.14. The first-order chi connectivity index (χ1) is 30.3. The number of nitrogens with zero attached hydrogens (tertiary/aromatic N) is 2. The van der Waals surface area contributed by atoms with E-state index in [-0.39, 0.29) is 0 Å². The third-order valence-electron chi connectivity index (χ3n) is 12.2. The average Bonchev–Trinajstić information content (AvgIpc) is 4.09. The van der Waals surface area contributed by atoms with Crippen LogP contribution in [0.25, 0.3) is 99.7 Å². The number of hydrogen-bond donors (Lipinski definition) is 0. The van der Waals surface area contributed by atoms with E-state index in [0.29, 0.717) is 0 Å². The first-order valence-electron chi connectivity index (χ1n) is 20.6. The molecule has 0 atom stereocenters. The fourth-order valence-corrected chi connectivity index (χ4v) is 13.2. The molecule has 0 radical (unpaired) electrons. The lowest BCUT2D eigenvalue weighted by atomic mass is 9.99. The van der Waals surface area contributed by atoms with E-state index in [0.717, 1.165) is 5.69 Å². The Morgan fingerprint density at radius 2 is 0.836 bits per heavy atom. The fourth-order valence-electron chi connectivity index (χ4n) is 9.44. The van der Waals surface area contributed by atoms with Gasteiger partial charge in [-0.15, -0.1) is 34.0 Å². The molecule has 0 N–H and O–H groups in total. The summed E-state index contributed by atoms with van der Waals surface area (Å²) in [5, 5.41) is 6.50. The summed E-state index contributed by atoms with van der Waals surface area (Å²) in [6.07, 6.45) is 0. The minimum Gasteiger partial charge on any atom is -0.308 e. The Hall–Kier alpha value is -7.02. The van der Waals surface area contributed by atoms with Gasteiger partial charge in [-0.25, -0.2) is 0 Å². The van der Waals surface area contributed by atoms with Crippen LogP contribution in [-0.4, -0.2) is 4.40 Å². The van der Waals surface area contributed by atoms with Crippen LogP contribution in [0.2, 0.25) is 0 Å². The number of para-hydroxylation sites is 1. The maximum absolute atomic E-state index is 2.48. The second-order valence-corrected chi connectivity index (χ2v) is 18.7. The predicted molar refractivity (Wildman–Crippen MR) is 267 cm³/mol. The summed E-state index contributed by atoms with van der Waals surface area (Å²) < 4.78 is 8.97. The number of thiazole rings is 1. The molecule has 5 heteroatoms. The topological polar surface area (TPSA) is 7.65 Å². The van der Waals surface area contributed by atoms with Crippen molar-refractivity contribution in [3.63, 3.8) is 0 Å². The number of anilines is 3. The van der Waals surface area contributed by atoms with E-state index in [1.807, 2.05) is 34.0 Å². The van der Waals surface area contributed by atoms with Crippen LogP contribution in [0.3, 0.4) is 0 Å². The van der Waals surface area contributed by atoms with Crippen molar-refractivity contribution < 1.29 is 0 Å². The van der Waals surface area contributed by atoms with Gasteiger partial charge in [-0.2, -0.15) is 0 Å². The smallest absolute Gasteiger partial charge is 0.109 e. The molecule has 0 aliphatic carbocycles. The lowest BCUT2D eigenvalue weighted by Crippen LogP contribution is -2.10. The average molecular weight is 831 g/mol. The number of benzene rings is 9. The zero-order valence-corrected chi connectivity index (χ0v) is 35.2. The summed E-state index contributed by atoms with van der Waals surface area (Å²) in [7, 11) is 0. The van der Waals surface area contributed by atoms with Gasteiger partial charge in [0.2, 0.25) is 0 Å². The second-order valence-electron chi connectivity index (χ2n) is 15.6. The summed E-state index contributed by atoms with van der Waals surface area (Å²) in [6, 6.07) is 75.8.